The van der Waals surface area contributed by atoms with E-state index in [2.05, 4.69) is 4.98 Å². The lowest BCUT2D eigenvalue weighted by Gasteiger charge is -2.09. The fraction of sp³-hybridized carbons (Fsp3) is 0.143. The minimum atomic E-state index is 0.0264. The van der Waals surface area contributed by atoms with Crippen LogP contribution in [0.5, 0.6) is 11.5 Å². The number of ether oxygens (including phenoxy) is 1. The Morgan fingerprint density at radius 1 is 0.960 bits per heavy atom. The Morgan fingerprint density at radius 3 is 2.24 bits per heavy atom. The third-order valence-electron chi connectivity index (χ3n) is 3.98. The summed E-state index contributed by atoms with van der Waals surface area (Å²) in [7, 11) is 0. The zero-order chi connectivity index (χ0) is 18.0. The third kappa shape index (κ3) is 3.89. The average molecular weight is 352 g/mol. The zero-order valence-electron chi connectivity index (χ0n) is 14.3. The maximum Gasteiger partial charge on any atom is 0.161 e. The van der Waals surface area contributed by atoms with Gasteiger partial charge in [-0.1, -0.05) is 11.6 Å². The van der Waals surface area contributed by atoms with E-state index in [1.54, 1.807) is 6.92 Å². The number of carbonyl (C=O) groups is 1. The summed E-state index contributed by atoms with van der Waals surface area (Å²) >= 11 is 6.03. The van der Waals surface area contributed by atoms with Gasteiger partial charge in [0.1, 0.15) is 11.5 Å². The van der Waals surface area contributed by atoms with E-state index in [-0.39, 0.29) is 5.78 Å². The van der Waals surface area contributed by atoms with Crippen molar-refractivity contribution in [3.8, 4) is 22.8 Å². The Hall–Kier alpha value is -2.65. The molecule has 3 nitrogen and oxygen atoms in total. The monoisotopic (exact) mass is 351 g/mol. The number of carbonyl (C=O) groups excluding carboxylic acids is 1. The molecule has 0 radical (unpaired) electrons. The topological polar surface area (TPSA) is 39.2 Å². The van der Waals surface area contributed by atoms with Gasteiger partial charge in [0.05, 0.1) is 5.69 Å². The molecule has 4 heteroatoms. The number of hydrogen-bond acceptors (Lipinski definition) is 3. The highest BCUT2D eigenvalue weighted by Gasteiger charge is 2.08. The van der Waals surface area contributed by atoms with Gasteiger partial charge in [0.2, 0.25) is 0 Å². The number of hydrogen-bond donors (Lipinski definition) is 0. The van der Waals surface area contributed by atoms with E-state index in [1.165, 1.54) is 0 Å². The van der Waals surface area contributed by atoms with Gasteiger partial charge in [-0.05, 0) is 80.9 Å². The van der Waals surface area contributed by atoms with Crippen molar-refractivity contribution in [2.45, 2.75) is 20.8 Å². The van der Waals surface area contributed by atoms with Crippen LogP contribution in [0.1, 0.15) is 28.5 Å². The number of aryl methyl sites for hydroxylation is 2. The molecule has 0 spiro atoms. The van der Waals surface area contributed by atoms with Gasteiger partial charge in [0.15, 0.2) is 5.78 Å². The first kappa shape index (κ1) is 17.2. The lowest BCUT2D eigenvalue weighted by Crippen LogP contribution is -1.99. The van der Waals surface area contributed by atoms with E-state index in [0.29, 0.717) is 5.56 Å². The molecule has 0 unspecified atom stereocenters. The minimum Gasteiger partial charge on any atom is -0.457 e. The second-order valence-corrected chi connectivity index (χ2v) is 6.33. The molecule has 0 atom stereocenters. The second kappa shape index (κ2) is 7.08. The van der Waals surface area contributed by atoms with Crippen molar-refractivity contribution in [2.24, 2.45) is 0 Å². The summed E-state index contributed by atoms with van der Waals surface area (Å²) in [5, 5.41) is 0.721. The standard InChI is InChI=1S/C21H18ClNO2/c1-13-12-18(8-10-20(13)22)25-17-6-4-16(5-7-17)21-11-9-19(15(3)24)14(2)23-21/h4-12H,1-3H3. The molecule has 1 heterocycles. The largest absolute Gasteiger partial charge is 0.457 e. The Bertz CT molecular complexity index is 933. The maximum atomic E-state index is 11.5. The van der Waals surface area contributed by atoms with Crippen molar-refractivity contribution < 1.29 is 9.53 Å². The van der Waals surface area contributed by atoms with Crippen LogP contribution in [0.4, 0.5) is 0 Å². The van der Waals surface area contributed by atoms with Crippen LogP contribution in [0.2, 0.25) is 5.02 Å². The number of ketones is 1. The molecule has 0 fully saturated rings. The molecule has 0 aliphatic heterocycles. The summed E-state index contributed by atoms with van der Waals surface area (Å²) < 4.78 is 5.86. The Morgan fingerprint density at radius 2 is 1.64 bits per heavy atom. The Balaban J connectivity index is 1.81. The van der Waals surface area contributed by atoms with E-state index in [4.69, 9.17) is 16.3 Å². The van der Waals surface area contributed by atoms with Crippen molar-refractivity contribution in [1.29, 1.82) is 0 Å². The number of Topliss-reactive ketones (excluding diaryl/α,β-unsaturated/α-hetero) is 1. The fourth-order valence-electron chi connectivity index (χ4n) is 2.60. The van der Waals surface area contributed by atoms with Crippen molar-refractivity contribution in [3.63, 3.8) is 0 Å². The highest BCUT2D eigenvalue weighted by atomic mass is 35.5. The predicted octanol–water partition coefficient (Wildman–Crippen LogP) is 6.01. The lowest BCUT2D eigenvalue weighted by atomic mass is 10.1. The van der Waals surface area contributed by atoms with Gasteiger partial charge in [0.25, 0.3) is 0 Å². The molecule has 0 saturated carbocycles. The van der Waals surface area contributed by atoms with Crippen LogP contribution in [0.25, 0.3) is 11.3 Å². The number of rotatable bonds is 4. The molecule has 0 saturated heterocycles. The minimum absolute atomic E-state index is 0.0264. The van der Waals surface area contributed by atoms with Gasteiger partial charge in [-0.25, -0.2) is 0 Å². The van der Waals surface area contributed by atoms with Gasteiger partial charge >= 0.3 is 0 Å². The van der Waals surface area contributed by atoms with Crippen LogP contribution in [0.3, 0.4) is 0 Å². The highest BCUT2D eigenvalue weighted by molar-refractivity contribution is 6.31. The normalized spacial score (nSPS) is 10.6. The first-order chi connectivity index (χ1) is 11.9. The second-order valence-electron chi connectivity index (χ2n) is 5.92. The number of halogens is 1. The Labute approximate surface area is 152 Å². The molecule has 0 N–H and O–H groups in total. The van der Waals surface area contributed by atoms with Crippen LogP contribution in [0, 0.1) is 13.8 Å². The van der Waals surface area contributed by atoms with Gasteiger partial charge in [-0.15, -0.1) is 0 Å². The van der Waals surface area contributed by atoms with Gasteiger partial charge in [-0.2, -0.15) is 0 Å². The number of nitrogens with zero attached hydrogens (tertiary/aromatic N) is 1. The molecular formula is C21H18ClNO2. The van der Waals surface area contributed by atoms with Crippen molar-refractivity contribution in [1.82, 2.24) is 4.98 Å². The summed E-state index contributed by atoms with van der Waals surface area (Å²) in [6.07, 6.45) is 0. The van der Waals surface area contributed by atoms with Gasteiger partial charge < -0.3 is 4.74 Å². The van der Waals surface area contributed by atoms with E-state index in [9.17, 15) is 4.79 Å². The first-order valence-electron chi connectivity index (χ1n) is 7.97. The van der Waals surface area contributed by atoms with Crippen LogP contribution >= 0.6 is 11.6 Å². The molecule has 0 aliphatic carbocycles. The first-order valence-corrected chi connectivity index (χ1v) is 8.35. The number of aromatic nitrogens is 1. The average Bonchev–Trinajstić information content (AvgIpc) is 2.58. The van der Waals surface area contributed by atoms with Crippen LogP contribution in [-0.4, -0.2) is 10.8 Å². The predicted molar refractivity (Wildman–Crippen MR) is 101 cm³/mol. The van der Waals surface area contributed by atoms with E-state index in [0.717, 1.165) is 39.0 Å². The molecule has 3 rings (SSSR count). The smallest absolute Gasteiger partial charge is 0.161 e. The quantitative estimate of drug-likeness (QED) is 0.540. The third-order valence-corrected chi connectivity index (χ3v) is 4.40. The summed E-state index contributed by atoms with van der Waals surface area (Å²) in [6, 6.07) is 17.0. The van der Waals surface area contributed by atoms with E-state index < -0.39 is 0 Å². The number of benzene rings is 2. The molecule has 0 amide bonds. The molecule has 25 heavy (non-hydrogen) atoms. The number of pyridine rings is 1. The molecular weight excluding hydrogens is 334 g/mol. The molecule has 2 aromatic carbocycles. The zero-order valence-corrected chi connectivity index (χ0v) is 15.1. The van der Waals surface area contributed by atoms with Crippen molar-refractivity contribution in [2.75, 3.05) is 0 Å². The van der Waals surface area contributed by atoms with Gasteiger partial charge in [0, 0.05) is 21.8 Å². The lowest BCUT2D eigenvalue weighted by molar-refractivity contribution is 0.101. The molecule has 126 valence electrons. The summed E-state index contributed by atoms with van der Waals surface area (Å²) in [6.45, 7) is 5.34. The molecule has 0 aliphatic rings. The van der Waals surface area contributed by atoms with Crippen LogP contribution in [0.15, 0.2) is 54.6 Å². The molecule has 3 aromatic rings. The summed E-state index contributed by atoms with van der Waals surface area (Å²) in [4.78, 5) is 16.0. The molecule has 0 bridgehead atoms. The summed E-state index contributed by atoms with van der Waals surface area (Å²) in [5.41, 5.74) is 4.17. The SMILES string of the molecule is CC(=O)c1ccc(-c2ccc(Oc3ccc(Cl)c(C)c3)cc2)nc1C. The molecule has 1 aromatic heterocycles. The van der Waals surface area contributed by atoms with E-state index in [1.807, 2.05) is 68.4 Å². The van der Waals surface area contributed by atoms with Crippen molar-refractivity contribution >= 4 is 17.4 Å². The highest BCUT2D eigenvalue weighted by Crippen LogP contribution is 2.28. The van der Waals surface area contributed by atoms with Crippen molar-refractivity contribution in [3.05, 3.63) is 76.4 Å². The maximum absolute atomic E-state index is 11.5. The van der Waals surface area contributed by atoms with E-state index >= 15 is 0 Å². The van der Waals surface area contributed by atoms with Gasteiger partial charge in [-0.3, -0.25) is 9.78 Å². The fourth-order valence-corrected chi connectivity index (χ4v) is 2.72. The van der Waals surface area contributed by atoms with Crippen LogP contribution in [-0.2, 0) is 0 Å². The summed E-state index contributed by atoms with van der Waals surface area (Å²) in [5.74, 6) is 1.51. The Kier molecular flexibility index (Phi) is 4.86. The van der Waals surface area contributed by atoms with Crippen LogP contribution < -0.4 is 4.74 Å².